The maximum atomic E-state index is 12.1. The van der Waals surface area contributed by atoms with Crippen LogP contribution in [0.25, 0.3) is 22.3 Å². The summed E-state index contributed by atoms with van der Waals surface area (Å²) < 4.78 is 5.75. The van der Waals surface area contributed by atoms with Gasteiger partial charge < -0.3 is 9.52 Å². The van der Waals surface area contributed by atoms with E-state index >= 15 is 0 Å². The van der Waals surface area contributed by atoms with Gasteiger partial charge in [-0.1, -0.05) is 18.2 Å². The van der Waals surface area contributed by atoms with Gasteiger partial charge in [0.25, 0.3) is 0 Å². The van der Waals surface area contributed by atoms with Gasteiger partial charge in [-0.15, -0.1) is 0 Å². The van der Waals surface area contributed by atoms with Crippen LogP contribution in [-0.2, 0) is 0 Å². The monoisotopic (exact) mass is 280 g/mol. The molecule has 0 spiro atoms. The topological polar surface area (TPSA) is 67.5 Å². The molecular formula is C17H12O4. The van der Waals surface area contributed by atoms with E-state index in [1.807, 2.05) is 13.0 Å². The average Bonchev–Trinajstić information content (AvgIpc) is 2.46. The van der Waals surface area contributed by atoms with Gasteiger partial charge in [0.05, 0.1) is 10.9 Å². The SMILES string of the molecule is Cc1ccc2c(=O)cc(-c3cccc(C(=O)O)c3)oc2c1. The molecule has 21 heavy (non-hydrogen) atoms. The minimum Gasteiger partial charge on any atom is -0.478 e. The number of carbonyl (C=O) groups is 1. The summed E-state index contributed by atoms with van der Waals surface area (Å²) in [6, 6.07) is 13.1. The number of aromatic carboxylic acids is 1. The molecule has 2 aromatic carbocycles. The highest BCUT2D eigenvalue weighted by Gasteiger charge is 2.09. The van der Waals surface area contributed by atoms with Crippen molar-refractivity contribution in [2.45, 2.75) is 6.92 Å². The summed E-state index contributed by atoms with van der Waals surface area (Å²) in [5.41, 5.74) is 2.06. The molecule has 3 aromatic rings. The van der Waals surface area contributed by atoms with Crippen LogP contribution in [0.15, 0.2) is 57.7 Å². The van der Waals surface area contributed by atoms with Crippen molar-refractivity contribution >= 4 is 16.9 Å². The standard InChI is InChI=1S/C17H12O4/c1-10-5-6-13-14(18)9-15(21-16(13)7-10)11-3-2-4-12(8-11)17(19)20/h2-9H,1H3,(H,19,20). The summed E-state index contributed by atoms with van der Waals surface area (Å²) in [6.07, 6.45) is 0. The van der Waals surface area contributed by atoms with Gasteiger partial charge in [0.1, 0.15) is 11.3 Å². The van der Waals surface area contributed by atoms with Crippen molar-refractivity contribution in [2.75, 3.05) is 0 Å². The zero-order valence-corrected chi connectivity index (χ0v) is 11.3. The van der Waals surface area contributed by atoms with E-state index in [9.17, 15) is 9.59 Å². The first-order chi connectivity index (χ1) is 10.0. The summed E-state index contributed by atoms with van der Waals surface area (Å²) in [6.45, 7) is 1.91. The number of hydrogen-bond acceptors (Lipinski definition) is 3. The van der Waals surface area contributed by atoms with Crippen LogP contribution in [0.2, 0.25) is 0 Å². The lowest BCUT2D eigenvalue weighted by Crippen LogP contribution is -2.01. The maximum Gasteiger partial charge on any atom is 0.335 e. The van der Waals surface area contributed by atoms with Gasteiger partial charge in [-0.05, 0) is 36.8 Å². The fourth-order valence-electron chi connectivity index (χ4n) is 2.21. The number of benzene rings is 2. The Bertz CT molecular complexity index is 906. The van der Waals surface area contributed by atoms with E-state index in [0.29, 0.717) is 22.3 Å². The Morgan fingerprint density at radius 3 is 2.67 bits per heavy atom. The lowest BCUT2D eigenvalue weighted by Gasteiger charge is -2.05. The molecule has 0 aliphatic carbocycles. The third kappa shape index (κ3) is 2.43. The number of rotatable bonds is 2. The van der Waals surface area contributed by atoms with Crippen molar-refractivity contribution in [1.82, 2.24) is 0 Å². The lowest BCUT2D eigenvalue weighted by molar-refractivity contribution is 0.0697. The van der Waals surface area contributed by atoms with E-state index in [2.05, 4.69) is 0 Å². The molecule has 0 unspecified atom stereocenters. The minimum atomic E-state index is -1.02. The third-order valence-corrected chi connectivity index (χ3v) is 3.28. The molecule has 4 nitrogen and oxygen atoms in total. The van der Waals surface area contributed by atoms with Crippen LogP contribution in [0.1, 0.15) is 15.9 Å². The Hall–Kier alpha value is -2.88. The number of hydrogen-bond donors (Lipinski definition) is 1. The van der Waals surface area contributed by atoms with Crippen LogP contribution in [0, 0.1) is 6.92 Å². The van der Waals surface area contributed by atoms with E-state index < -0.39 is 5.97 Å². The Kier molecular flexibility index (Phi) is 3.06. The fourth-order valence-corrected chi connectivity index (χ4v) is 2.21. The molecule has 0 saturated carbocycles. The summed E-state index contributed by atoms with van der Waals surface area (Å²) in [5.74, 6) is -0.656. The molecule has 1 N–H and O–H groups in total. The van der Waals surface area contributed by atoms with Crippen LogP contribution in [-0.4, -0.2) is 11.1 Å². The second-order valence-electron chi connectivity index (χ2n) is 4.86. The molecule has 0 atom stereocenters. The van der Waals surface area contributed by atoms with Gasteiger partial charge >= 0.3 is 5.97 Å². The molecule has 0 radical (unpaired) electrons. The highest BCUT2D eigenvalue weighted by atomic mass is 16.4. The molecule has 0 bridgehead atoms. The Labute approximate surface area is 120 Å². The third-order valence-electron chi connectivity index (χ3n) is 3.28. The van der Waals surface area contributed by atoms with Crippen molar-refractivity contribution in [3.8, 4) is 11.3 Å². The average molecular weight is 280 g/mol. The summed E-state index contributed by atoms with van der Waals surface area (Å²) in [4.78, 5) is 23.1. The zero-order valence-electron chi connectivity index (χ0n) is 11.3. The van der Waals surface area contributed by atoms with E-state index in [0.717, 1.165) is 5.56 Å². The first-order valence-corrected chi connectivity index (χ1v) is 6.43. The van der Waals surface area contributed by atoms with Crippen molar-refractivity contribution in [3.63, 3.8) is 0 Å². The molecule has 3 rings (SSSR count). The van der Waals surface area contributed by atoms with Crippen molar-refractivity contribution in [1.29, 1.82) is 0 Å². The molecule has 1 aromatic heterocycles. The highest BCUT2D eigenvalue weighted by Crippen LogP contribution is 2.23. The van der Waals surface area contributed by atoms with E-state index in [1.165, 1.54) is 18.2 Å². The van der Waals surface area contributed by atoms with Gasteiger partial charge in [-0.2, -0.15) is 0 Å². The summed E-state index contributed by atoms with van der Waals surface area (Å²) in [5, 5.41) is 9.54. The predicted molar refractivity (Wildman–Crippen MR) is 79.6 cm³/mol. The lowest BCUT2D eigenvalue weighted by atomic mass is 10.1. The van der Waals surface area contributed by atoms with Crippen molar-refractivity contribution < 1.29 is 14.3 Å². The van der Waals surface area contributed by atoms with Gasteiger partial charge in [0.2, 0.25) is 0 Å². The second kappa shape index (κ2) is 4.90. The van der Waals surface area contributed by atoms with Gasteiger partial charge in [0.15, 0.2) is 5.43 Å². The fraction of sp³-hybridized carbons (Fsp3) is 0.0588. The molecule has 1 heterocycles. The van der Waals surface area contributed by atoms with Crippen LogP contribution < -0.4 is 5.43 Å². The Morgan fingerprint density at radius 2 is 1.90 bits per heavy atom. The highest BCUT2D eigenvalue weighted by molar-refractivity contribution is 5.89. The summed E-state index contributed by atoms with van der Waals surface area (Å²) >= 11 is 0. The first-order valence-electron chi connectivity index (χ1n) is 6.43. The minimum absolute atomic E-state index is 0.146. The molecule has 0 amide bonds. The van der Waals surface area contributed by atoms with E-state index in [-0.39, 0.29) is 11.0 Å². The molecule has 0 aliphatic rings. The van der Waals surface area contributed by atoms with Gasteiger partial charge in [-0.3, -0.25) is 4.79 Å². The van der Waals surface area contributed by atoms with Crippen molar-refractivity contribution in [2.24, 2.45) is 0 Å². The van der Waals surface area contributed by atoms with Crippen LogP contribution >= 0.6 is 0 Å². The summed E-state index contributed by atoms with van der Waals surface area (Å²) in [7, 11) is 0. The van der Waals surface area contributed by atoms with E-state index in [1.54, 1.807) is 24.3 Å². The number of aryl methyl sites for hydroxylation is 1. The second-order valence-corrected chi connectivity index (χ2v) is 4.86. The largest absolute Gasteiger partial charge is 0.478 e. The molecule has 0 aliphatic heterocycles. The molecule has 104 valence electrons. The van der Waals surface area contributed by atoms with Crippen molar-refractivity contribution in [3.05, 3.63) is 69.9 Å². The molecule has 0 fully saturated rings. The van der Waals surface area contributed by atoms with Crippen LogP contribution in [0.3, 0.4) is 0 Å². The van der Waals surface area contributed by atoms with Crippen LogP contribution in [0.5, 0.6) is 0 Å². The smallest absolute Gasteiger partial charge is 0.335 e. The van der Waals surface area contributed by atoms with E-state index in [4.69, 9.17) is 9.52 Å². The number of carboxylic acid groups (broad SMARTS) is 1. The quantitative estimate of drug-likeness (QED) is 0.780. The molecular weight excluding hydrogens is 268 g/mol. The normalized spacial score (nSPS) is 10.7. The number of fused-ring (bicyclic) bond motifs is 1. The molecule has 0 saturated heterocycles. The number of carboxylic acids is 1. The van der Waals surface area contributed by atoms with Gasteiger partial charge in [-0.25, -0.2) is 4.79 Å². The van der Waals surface area contributed by atoms with Crippen LogP contribution in [0.4, 0.5) is 0 Å². The Balaban J connectivity index is 2.23. The zero-order chi connectivity index (χ0) is 15.0. The first kappa shape index (κ1) is 13.1. The molecule has 4 heteroatoms. The maximum absolute atomic E-state index is 12.1. The van der Waals surface area contributed by atoms with Gasteiger partial charge in [0, 0.05) is 11.6 Å². The predicted octanol–water partition coefficient (Wildman–Crippen LogP) is 3.47. The Morgan fingerprint density at radius 1 is 1.10 bits per heavy atom.